The Morgan fingerprint density at radius 2 is 1.70 bits per heavy atom. The molecule has 0 spiro atoms. The number of quaternary nitrogens is 1. The average molecular weight is 391 g/mol. The van der Waals surface area contributed by atoms with Gasteiger partial charge in [0.25, 0.3) is 0 Å². The number of hydrogen-bond donors (Lipinski definition) is 1. The number of carbonyl (C=O) groups excluding carboxylic acids is 1. The summed E-state index contributed by atoms with van der Waals surface area (Å²) >= 11 is 5.95. The molecule has 0 aromatic heterocycles. The van der Waals surface area contributed by atoms with E-state index < -0.39 is 5.60 Å². The first kappa shape index (κ1) is 20.0. The van der Waals surface area contributed by atoms with Crippen LogP contribution in [0.1, 0.15) is 41.6 Å². The van der Waals surface area contributed by atoms with E-state index in [4.69, 9.17) is 11.6 Å². The summed E-state index contributed by atoms with van der Waals surface area (Å²) in [5, 5.41) is 11.7. The number of benzene rings is 2. The standard InChI is InChI=1S/C22H26ClFNO2/c1-25(14-2-3-21(26)17-4-10-20(24)11-5-17)15-12-22(27,13-16-25)18-6-8-19(23)9-7-18/h4-11,27H,2-3,12-16H2,1H3/q+1. The molecule has 2 aromatic carbocycles. The minimum absolute atomic E-state index is 0.0521. The summed E-state index contributed by atoms with van der Waals surface area (Å²) in [7, 11) is 2.18. The van der Waals surface area contributed by atoms with Gasteiger partial charge in [0.2, 0.25) is 0 Å². The van der Waals surface area contributed by atoms with Crippen molar-refractivity contribution in [2.24, 2.45) is 0 Å². The summed E-state index contributed by atoms with van der Waals surface area (Å²) in [6, 6.07) is 13.2. The minimum Gasteiger partial charge on any atom is -0.385 e. The maximum absolute atomic E-state index is 13.0. The smallest absolute Gasteiger partial charge is 0.163 e. The Morgan fingerprint density at radius 3 is 2.30 bits per heavy atom. The molecule has 5 heteroatoms. The molecule has 3 rings (SSSR count). The van der Waals surface area contributed by atoms with Gasteiger partial charge in [0.15, 0.2) is 5.78 Å². The van der Waals surface area contributed by atoms with E-state index in [0.717, 1.165) is 36.1 Å². The van der Waals surface area contributed by atoms with Crippen molar-refractivity contribution in [1.82, 2.24) is 0 Å². The van der Waals surface area contributed by atoms with Crippen LogP contribution in [-0.4, -0.2) is 42.1 Å². The Bertz CT molecular complexity index is 781. The molecule has 1 fully saturated rings. The van der Waals surface area contributed by atoms with Gasteiger partial charge in [0.05, 0.1) is 26.7 Å². The molecule has 27 heavy (non-hydrogen) atoms. The van der Waals surface area contributed by atoms with Crippen molar-refractivity contribution < 1.29 is 18.8 Å². The number of aliphatic hydroxyl groups is 1. The van der Waals surface area contributed by atoms with Crippen LogP contribution in [0.25, 0.3) is 0 Å². The molecule has 0 radical (unpaired) electrons. The lowest BCUT2D eigenvalue weighted by Crippen LogP contribution is -2.54. The van der Waals surface area contributed by atoms with Crippen LogP contribution in [-0.2, 0) is 5.60 Å². The molecule has 0 unspecified atom stereocenters. The van der Waals surface area contributed by atoms with Gasteiger partial charge in [0.1, 0.15) is 11.4 Å². The van der Waals surface area contributed by atoms with Crippen molar-refractivity contribution in [2.45, 2.75) is 31.3 Å². The summed E-state index contributed by atoms with van der Waals surface area (Å²) in [5.41, 5.74) is 0.686. The number of carbonyl (C=O) groups is 1. The fraction of sp³-hybridized carbons (Fsp3) is 0.409. The molecule has 1 saturated heterocycles. The summed E-state index contributed by atoms with van der Waals surface area (Å²) in [6.07, 6.45) is 2.63. The van der Waals surface area contributed by atoms with Crippen molar-refractivity contribution in [2.75, 3.05) is 26.7 Å². The summed E-state index contributed by atoms with van der Waals surface area (Å²) in [4.78, 5) is 12.2. The summed E-state index contributed by atoms with van der Waals surface area (Å²) in [6.45, 7) is 2.62. The number of ketones is 1. The molecule has 0 saturated carbocycles. The summed E-state index contributed by atoms with van der Waals surface area (Å²) in [5.74, 6) is -0.276. The summed E-state index contributed by atoms with van der Waals surface area (Å²) < 4.78 is 13.8. The van der Waals surface area contributed by atoms with Gasteiger partial charge in [-0.3, -0.25) is 4.79 Å². The van der Waals surface area contributed by atoms with E-state index in [1.165, 1.54) is 12.1 Å². The monoisotopic (exact) mass is 390 g/mol. The van der Waals surface area contributed by atoms with E-state index in [1.807, 2.05) is 24.3 Å². The van der Waals surface area contributed by atoms with Crippen LogP contribution in [0.15, 0.2) is 48.5 Å². The molecule has 2 aromatic rings. The molecule has 1 N–H and O–H groups in total. The highest BCUT2D eigenvalue weighted by Gasteiger charge is 2.40. The van der Waals surface area contributed by atoms with Crippen LogP contribution in [0.3, 0.4) is 0 Å². The van der Waals surface area contributed by atoms with E-state index in [2.05, 4.69) is 7.05 Å². The predicted molar refractivity (Wildman–Crippen MR) is 105 cm³/mol. The van der Waals surface area contributed by atoms with Gasteiger partial charge < -0.3 is 9.59 Å². The van der Waals surface area contributed by atoms with Crippen LogP contribution in [0.5, 0.6) is 0 Å². The third-order valence-corrected chi connectivity index (χ3v) is 6.03. The Labute approximate surface area is 165 Å². The maximum atomic E-state index is 13.0. The lowest BCUT2D eigenvalue weighted by atomic mass is 9.83. The Hall–Kier alpha value is -1.75. The van der Waals surface area contributed by atoms with Gasteiger partial charge in [0, 0.05) is 36.3 Å². The van der Waals surface area contributed by atoms with E-state index in [0.29, 0.717) is 29.8 Å². The molecule has 0 bridgehead atoms. The molecule has 1 aliphatic rings. The number of nitrogens with zero attached hydrogens (tertiary/aromatic N) is 1. The molecule has 0 amide bonds. The van der Waals surface area contributed by atoms with Gasteiger partial charge in [-0.05, 0) is 42.0 Å². The fourth-order valence-electron chi connectivity index (χ4n) is 3.82. The zero-order chi connectivity index (χ0) is 19.5. The van der Waals surface area contributed by atoms with Crippen LogP contribution < -0.4 is 0 Å². The van der Waals surface area contributed by atoms with Gasteiger partial charge >= 0.3 is 0 Å². The first-order chi connectivity index (χ1) is 12.8. The van der Waals surface area contributed by atoms with E-state index in [-0.39, 0.29) is 11.6 Å². The van der Waals surface area contributed by atoms with Crippen LogP contribution in [0.4, 0.5) is 4.39 Å². The number of rotatable bonds is 6. The van der Waals surface area contributed by atoms with Crippen LogP contribution in [0.2, 0.25) is 5.02 Å². The molecular formula is C22H26ClFNO2+. The van der Waals surface area contributed by atoms with Gasteiger partial charge in [-0.1, -0.05) is 23.7 Å². The van der Waals surface area contributed by atoms with Gasteiger partial charge in [-0.25, -0.2) is 4.39 Å². The Balaban J connectivity index is 1.51. The fourth-order valence-corrected chi connectivity index (χ4v) is 3.95. The Kier molecular flexibility index (Phi) is 5.99. The second kappa shape index (κ2) is 8.09. The first-order valence-electron chi connectivity index (χ1n) is 9.40. The average Bonchev–Trinajstić information content (AvgIpc) is 2.65. The maximum Gasteiger partial charge on any atom is 0.163 e. The van der Waals surface area contributed by atoms with Crippen molar-refractivity contribution in [3.8, 4) is 0 Å². The zero-order valence-corrected chi connectivity index (χ0v) is 16.4. The highest BCUT2D eigenvalue weighted by atomic mass is 35.5. The molecule has 144 valence electrons. The van der Waals surface area contributed by atoms with Crippen LogP contribution in [0, 0.1) is 5.82 Å². The second-order valence-corrected chi connectivity index (χ2v) is 8.30. The highest BCUT2D eigenvalue weighted by molar-refractivity contribution is 6.30. The quantitative estimate of drug-likeness (QED) is 0.579. The SMILES string of the molecule is C[N+]1(CCCC(=O)c2ccc(F)cc2)CCC(O)(c2ccc(Cl)cc2)CC1. The van der Waals surface area contributed by atoms with Crippen molar-refractivity contribution in [1.29, 1.82) is 0 Å². The van der Waals surface area contributed by atoms with Crippen molar-refractivity contribution >= 4 is 17.4 Å². The molecule has 3 nitrogen and oxygen atoms in total. The third kappa shape index (κ3) is 4.95. The normalized spacial score (nSPS) is 25.3. The van der Waals surface area contributed by atoms with E-state index in [1.54, 1.807) is 12.1 Å². The topological polar surface area (TPSA) is 37.3 Å². The lowest BCUT2D eigenvalue weighted by Gasteiger charge is -2.44. The first-order valence-corrected chi connectivity index (χ1v) is 9.78. The number of Topliss-reactive ketones (excluding diaryl/α,β-unsaturated/α-hetero) is 1. The van der Waals surface area contributed by atoms with Gasteiger partial charge in [-0.15, -0.1) is 0 Å². The predicted octanol–water partition coefficient (Wildman–Crippen LogP) is 4.57. The largest absolute Gasteiger partial charge is 0.385 e. The minimum atomic E-state index is -0.799. The van der Waals surface area contributed by atoms with Crippen molar-refractivity contribution in [3.05, 3.63) is 70.5 Å². The molecular weight excluding hydrogens is 365 g/mol. The molecule has 0 aliphatic carbocycles. The highest BCUT2D eigenvalue weighted by Crippen LogP contribution is 2.35. The van der Waals surface area contributed by atoms with E-state index in [9.17, 15) is 14.3 Å². The number of halogens is 2. The van der Waals surface area contributed by atoms with Crippen LogP contribution >= 0.6 is 11.6 Å². The van der Waals surface area contributed by atoms with E-state index >= 15 is 0 Å². The Morgan fingerprint density at radius 1 is 1.11 bits per heavy atom. The van der Waals surface area contributed by atoms with Crippen molar-refractivity contribution in [3.63, 3.8) is 0 Å². The number of likely N-dealkylation sites (tertiary alicyclic amines) is 1. The third-order valence-electron chi connectivity index (χ3n) is 5.78. The lowest BCUT2D eigenvalue weighted by molar-refractivity contribution is -0.917. The molecule has 1 aliphatic heterocycles. The number of piperidine rings is 1. The second-order valence-electron chi connectivity index (χ2n) is 7.86. The zero-order valence-electron chi connectivity index (χ0n) is 15.6. The molecule has 0 atom stereocenters. The molecule has 1 heterocycles. The number of hydrogen-bond acceptors (Lipinski definition) is 2. The van der Waals surface area contributed by atoms with Gasteiger partial charge in [-0.2, -0.15) is 0 Å².